The van der Waals surface area contributed by atoms with Crippen LogP contribution in [0.25, 0.3) is 0 Å². The number of thiocarbonyl (C=S) groups is 1. The molecule has 0 radical (unpaired) electrons. The zero-order valence-electron chi connectivity index (χ0n) is 11.9. The Morgan fingerprint density at radius 2 is 2.14 bits per heavy atom. The smallest absolute Gasteiger partial charge is 0.187 e. The second kappa shape index (κ2) is 6.60. The highest BCUT2D eigenvalue weighted by atomic mass is 35.5. The Labute approximate surface area is 144 Å². The highest BCUT2D eigenvalue weighted by Gasteiger charge is 2.39. The lowest BCUT2D eigenvalue weighted by atomic mass is 9.96. The number of aromatic hydroxyl groups is 1. The number of phenols is 1. The largest absolute Gasteiger partial charge is 0.506 e. The molecule has 2 fully saturated rings. The Hall–Kier alpha value is -1.04. The van der Waals surface area contributed by atoms with Crippen LogP contribution >= 0.6 is 35.4 Å². The van der Waals surface area contributed by atoms with E-state index in [1.165, 1.54) is 38.0 Å². The lowest BCUT2D eigenvalue weighted by Crippen LogP contribution is -2.42. The average Bonchev–Trinajstić information content (AvgIpc) is 3.06. The number of benzene rings is 1. The van der Waals surface area contributed by atoms with E-state index in [2.05, 4.69) is 15.8 Å². The molecule has 2 bridgehead atoms. The number of phenolic OH excluding ortho intramolecular Hbond substituents is 1. The minimum Gasteiger partial charge on any atom is -0.506 e. The maximum Gasteiger partial charge on any atom is 0.187 e. The van der Waals surface area contributed by atoms with Gasteiger partial charge in [0.05, 0.1) is 11.2 Å². The Morgan fingerprint density at radius 3 is 2.82 bits per heavy atom. The van der Waals surface area contributed by atoms with Crippen molar-refractivity contribution in [2.45, 2.75) is 31.7 Å². The van der Waals surface area contributed by atoms with Crippen LogP contribution < -0.4 is 10.7 Å². The van der Waals surface area contributed by atoms with Gasteiger partial charge in [-0.25, -0.2) is 0 Å². The first-order valence-electron chi connectivity index (χ1n) is 7.30. The van der Waals surface area contributed by atoms with E-state index in [1.807, 2.05) is 0 Å². The molecule has 2 aliphatic rings. The molecular formula is C15H17Cl2N3OS. The molecule has 1 aromatic carbocycles. The van der Waals surface area contributed by atoms with Crippen LogP contribution in [0.2, 0.25) is 10.0 Å². The number of hydrogen-bond donors (Lipinski definition) is 3. The van der Waals surface area contributed by atoms with Crippen molar-refractivity contribution in [3.8, 4) is 5.75 Å². The van der Waals surface area contributed by atoms with Gasteiger partial charge in [-0.15, -0.1) is 0 Å². The molecule has 2 aliphatic carbocycles. The summed E-state index contributed by atoms with van der Waals surface area (Å²) < 4.78 is 0. The van der Waals surface area contributed by atoms with Gasteiger partial charge in [-0.1, -0.05) is 29.6 Å². The maximum atomic E-state index is 9.83. The zero-order chi connectivity index (χ0) is 15.7. The molecule has 118 valence electrons. The van der Waals surface area contributed by atoms with Crippen LogP contribution in [0.5, 0.6) is 5.75 Å². The van der Waals surface area contributed by atoms with Crippen molar-refractivity contribution < 1.29 is 5.11 Å². The molecular weight excluding hydrogens is 341 g/mol. The van der Waals surface area contributed by atoms with Gasteiger partial charge in [-0.2, -0.15) is 5.10 Å². The fourth-order valence-electron chi connectivity index (χ4n) is 3.47. The summed E-state index contributed by atoms with van der Waals surface area (Å²) in [5.74, 6) is 1.55. The van der Waals surface area contributed by atoms with Gasteiger partial charge in [-0.05, 0) is 55.4 Å². The van der Waals surface area contributed by atoms with Gasteiger partial charge in [-0.3, -0.25) is 5.43 Å². The standard InChI is InChI=1S/C15H17Cl2N3OS/c16-11-5-10(14(21)12(17)6-11)7-18-20-15(22)19-13-4-8-1-2-9(13)3-8/h5-9,13,21H,1-4H2,(H2,19,20,22)/b18-7-/t8-,9-,13+/m1/s1. The van der Waals surface area contributed by atoms with E-state index >= 15 is 0 Å². The molecule has 0 spiro atoms. The summed E-state index contributed by atoms with van der Waals surface area (Å²) in [5.41, 5.74) is 3.21. The van der Waals surface area contributed by atoms with Crippen molar-refractivity contribution in [2.24, 2.45) is 16.9 Å². The minimum atomic E-state index is -0.0522. The number of halogens is 2. The third kappa shape index (κ3) is 3.47. The molecule has 3 rings (SSSR count). The summed E-state index contributed by atoms with van der Waals surface area (Å²) in [4.78, 5) is 0. The van der Waals surface area contributed by atoms with E-state index in [0.717, 1.165) is 11.8 Å². The van der Waals surface area contributed by atoms with Gasteiger partial charge < -0.3 is 10.4 Å². The van der Waals surface area contributed by atoms with Crippen molar-refractivity contribution in [3.05, 3.63) is 27.7 Å². The summed E-state index contributed by atoms with van der Waals surface area (Å²) in [6, 6.07) is 3.52. The number of nitrogens with zero attached hydrogens (tertiary/aromatic N) is 1. The molecule has 1 aromatic rings. The molecule has 0 unspecified atom stereocenters. The summed E-state index contributed by atoms with van der Waals surface area (Å²) in [6.45, 7) is 0. The highest BCUT2D eigenvalue weighted by molar-refractivity contribution is 7.80. The summed E-state index contributed by atoms with van der Waals surface area (Å²) in [7, 11) is 0. The Kier molecular flexibility index (Phi) is 4.76. The second-order valence-electron chi connectivity index (χ2n) is 5.95. The monoisotopic (exact) mass is 357 g/mol. The van der Waals surface area contributed by atoms with Crippen molar-refractivity contribution in [2.75, 3.05) is 0 Å². The van der Waals surface area contributed by atoms with Crippen LogP contribution in [0.4, 0.5) is 0 Å². The first kappa shape index (κ1) is 15.8. The molecule has 0 aliphatic heterocycles. The van der Waals surface area contributed by atoms with Gasteiger partial charge in [0.25, 0.3) is 0 Å². The van der Waals surface area contributed by atoms with Crippen LogP contribution in [-0.4, -0.2) is 22.5 Å². The van der Waals surface area contributed by atoms with Crippen LogP contribution in [0.1, 0.15) is 31.2 Å². The van der Waals surface area contributed by atoms with Gasteiger partial charge in [0.15, 0.2) is 5.11 Å². The predicted octanol–water partition coefficient (Wildman–Crippen LogP) is 3.69. The van der Waals surface area contributed by atoms with Crippen molar-refractivity contribution >= 4 is 46.7 Å². The van der Waals surface area contributed by atoms with Gasteiger partial charge >= 0.3 is 0 Å². The van der Waals surface area contributed by atoms with E-state index in [-0.39, 0.29) is 10.8 Å². The van der Waals surface area contributed by atoms with E-state index in [9.17, 15) is 5.11 Å². The van der Waals surface area contributed by atoms with Crippen molar-refractivity contribution in [1.29, 1.82) is 0 Å². The highest BCUT2D eigenvalue weighted by Crippen LogP contribution is 2.44. The Balaban J connectivity index is 1.55. The first-order valence-corrected chi connectivity index (χ1v) is 8.47. The number of hydrogen-bond acceptors (Lipinski definition) is 3. The fourth-order valence-corrected chi connectivity index (χ4v) is 4.18. The summed E-state index contributed by atoms with van der Waals surface area (Å²) in [5, 5.41) is 18.3. The number of nitrogens with one attached hydrogen (secondary N) is 2. The molecule has 0 saturated heterocycles. The van der Waals surface area contributed by atoms with E-state index in [4.69, 9.17) is 35.4 Å². The maximum absolute atomic E-state index is 9.83. The number of hydrazone groups is 1. The summed E-state index contributed by atoms with van der Waals surface area (Å²) >= 11 is 17.0. The van der Waals surface area contributed by atoms with Gasteiger partial charge in [0.1, 0.15) is 5.75 Å². The molecule has 7 heteroatoms. The topological polar surface area (TPSA) is 56.7 Å². The molecule has 4 nitrogen and oxygen atoms in total. The molecule has 0 heterocycles. The molecule has 0 aromatic heterocycles. The third-order valence-corrected chi connectivity index (χ3v) is 5.20. The molecule has 2 saturated carbocycles. The Morgan fingerprint density at radius 1 is 1.32 bits per heavy atom. The van der Waals surface area contributed by atoms with Crippen LogP contribution in [0.3, 0.4) is 0 Å². The first-order chi connectivity index (χ1) is 10.5. The van der Waals surface area contributed by atoms with E-state index < -0.39 is 0 Å². The molecule has 0 amide bonds. The lowest BCUT2D eigenvalue weighted by molar-refractivity contribution is 0.389. The van der Waals surface area contributed by atoms with Crippen molar-refractivity contribution in [3.63, 3.8) is 0 Å². The summed E-state index contributed by atoms with van der Waals surface area (Å²) in [6.07, 6.45) is 6.61. The predicted molar refractivity (Wildman–Crippen MR) is 93.8 cm³/mol. The van der Waals surface area contributed by atoms with Gasteiger partial charge in [0, 0.05) is 16.6 Å². The zero-order valence-corrected chi connectivity index (χ0v) is 14.2. The quantitative estimate of drug-likeness (QED) is 0.438. The normalized spacial score (nSPS) is 26.5. The third-order valence-electron chi connectivity index (χ3n) is 4.48. The van der Waals surface area contributed by atoms with Gasteiger partial charge in [0.2, 0.25) is 0 Å². The fraction of sp³-hybridized carbons (Fsp3) is 0.467. The van der Waals surface area contributed by atoms with Crippen LogP contribution in [0.15, 0.2) is 17.2 Å². The number of rotatable bonds is 3. The second-order valence-corrected chi connectivity index (χ2v) is 7.20. The molecule has 3 N–H and O–H groups in total. The van der Waals surface area contributed by atoms with Crippen LogP contribution in [-0.2, 0) is 0 Å². The molecule has 22 heavy (non-hydrogen) atoms. The van der Waals surface area contributed by atoms with E-state index in [1.54, 1.807) is 6.07 Å². The van der Waals surface area contributed by atoms with Crippen LogP contribution in [0, 0.1) is 11.8 Å². The Bertz CT molecular complexity index is 623. The number of fused-ring (bicyclic) bond motifs is 2. The van der Waals surface area contributed by atoms with Crippen molar-refractivity contribution in [1.82, 2.24) is 10.7 Å². The molecule has 3 atom stereocenters. The lowest BCUT2D eigenvalue weighted by Gasteiger charge is -2.23. The average molecular weight is 358 g/mol. The SMILES string of the molecule is Oc1c(Cl)cc(Cl)cc1/C=N\NC(=S)N[C@H]1C[C@@H]2CC[C@@H]1C2. The minimum absolute atomic E-state index is 0.0522. The van der Waals surface area contributed by atoms with E-state index in [0.29, 0.717) is 21.7 Å².